The van der Waals surface area contributed by atoms with E-state index in [2.05, 4.69) is 15.2 Å². The van der Waals surface area contributed by atoms with E-state index in [0.29, 0.717) is 17.4 Å². The summed E-state index contributed by atoms with van der Waals surface area (Å²) in [6.45, 7) is 1.95. The molecule has 0 atom stereocenters. The highest BCUT2D eigenvalue weighted by molar-refractivity contribution is 7.14. The molecule has 3 rings (SSSR count). The number of anilines is 1. The maximum absolute atomic E-state index is 5.95. The molecule has 0 amide bonds. The number of thiophene rings is 1. The van der Waals surface area contributed by atoms with Crippen molar-refractivity contribution < 1.29 is 4.52 Å². The number of hydrogen-bond donors (Lipinski definition) is 1. The summed E-state index contributed by atoms with van der Waals surface area (Å²) in [5.41, 5.74) is 8.49. The Balaban J connectivity index is 2.01. The summed E-state index contributed by atoms with van der Waals surface area (Å²) >= 11 is 1.50. The van der Waals surface area contributed by atoms with Crippen LogP contribution in [0.4, 0.5) is 5.69 Å². The Morgan fingerprint density at radius 3 is 2.89 bits per heavy atom. The molecule has 0 aromatic carbocycles. The largest absolute Gasteiger partial charge is 0.397 e. The molecule has 0 aliphatic carbocycles. The smallest absolute Gasteiger partial charge is 0.270 e. The molecule has 3 aromatic heterocycles. The molecule has 0 unspecified atom stereocenters. The fourth-order valence-corrected chi connectivity index (χ4v) is 2.48. The van der Waals surface area contributed by atoms with Gasteiger partial charge in [0.05, 0.1) is 17.4 Å². The zero-order valence-corrected chi connectivity index (χ0v) is 10.7. The van der Waals surface area contributed by atoms with Crippen LogP contribution in [0, 0.1) is 6.92 Å². The van der Waals surface area contributed by atoms with Crippen molar-refractivity contribution in [1.82, 2.24) is 19.9 Å². The first-order valence-electron chi connectivity index (χ1n) is 5.32. The van der Waals surface area contributed by atoms with Crippen LogP contribution in [0.3, 0.4) is 0 Å². The Hall–Kier alpha value is -2.15. The van der Waals surface area contributed by atoms with E-state index in [1.807, 2.05) is 25.5 Å². The fraction of sp³-hybridized carbons (Fsp3) is 0.182. The van der Waals surface area contributed by atoms with E-state index in [9.17, 15) is 0 Å². The van der Waals surface area contributed by atoms with Gasteiger partial charge in [-0.05, 0) is 17.9 Å². The van der Waals surface area contributed by atoms with Gasteiger partial charge >= 0.3 is 0 Å². The maximum Gasteiger partial charge on any atom is 0.270 e. The van der Waals surface area contributed by atoms with Crippen molar-refractivity contribution in [2.45, 2.75) is 6.92 Å². The predicted molar refractivity (Wildman–Crippen MR) is 69.0 cm³/mol. The van der Waals surface area contributed by atoms with E-state index < -0.39 is 0 Å². The average Bonchev–Trinajstić information content (AvgIpc) is 3.02. The third-order valence-corrected chi connectivity index (χ3v) is 3.71. The monoisotopic (exact) mass is 261 g/mol. The molecule has 92 valence electrons. The van der Waals surface area contributed by atoms with E-state index >= 15 is 0 Å². The van der Waals surface area contributed by atoms with Gasteiger partial charge in [0.15, 0.2) is 0 Å². The van der Waals surface area contributed by atoms with Gasteiger partial charge in [-0.2, -0.15) is 10.1 Å². The zero-order valence-electron chi connectivity index (χ0n) is 9.91. The van der Waals surface area contributed by atoms with E-state index in [0.717, 1.165) is 16.0 Å². The van der Waals surface area contributed by atoms with Crippen LogP contribution in [0.5, 0.6) is 0 Å². The Bertz CT molecular complexity index is 696. The summed E-state index contributed by atoms with van der Waals surface area (Å²) in [6, 6.07) is 0. The Morgan fingerprint density at radius 2 is 2.28 bits per heavy atom. The highest BCUT2D eigenvalue weighted by Gasteiger charge is 2.16. The molecule has 6 nitrogen and oxygen atoms in total. The van der Waals surface area contributed by atoms with Crippen molar-refractivity contribution in [3.63, 3.8) is 0 Å². The number of nitrogens with two attached hydrogens (primary N) is 1. The second-order valence-corrected chi connectivity index (χ2v) is 4.87. The topological polar surface area (TPSA) is 82.8 Å². The quantitative estimate of drug-likeness (QED) is 0.763. The minimum Gasteiger partial charge on any atom is -0.397 e. The third-order valence-electron chi connectivity index (χ3n) is 2.61. The molecule has 0 bridgehead atoms. The van der Waals surface area contributed by atoms with Crippen LogP contribution < -0.4 is 5.73 Å². The lowest BCUT2D eigenvalue weighted by Crippen LogP contribution is -1.87. The molecule has 0 fully saturated rings. The highest BCUT2D eigenvalue weighted by Crippen LogP contribution is 2.34. The fourth-order valence-electron chi connectivity index (χ4n) is 1.59. The van der Waals surface area contributed by atoms with Crippen LogP contribution in [0.1, 0.15) is 5.56 Å². The van der Waals surface area contributed by atoms with Gasteiger partial charge in [0, 0.05) is 13.2 Å². The molecule has 0 spiro atoms. The number of aromatic nitrogens is 4. The summed E-state index contributed by atoms with van der Waals surface area (Å²) in [4.78, 5) is 5.15. The van der Waals surface area contributed by atoms with Crippen LogP contribution in [-0.4, -0.2) is 19.9 Å². The van der Waals surface area contributed by atoms with Crippen LogP contribution in [0.15, 0.2) is 22.3 Å². The summed E-state index contributed by atoms with van der Waals surface area (Å²) in [5, 5.41) is 9.98. The minimum atomic E-state index is 0.449. The van der Waals surface area contributed by atoms with E-state index in [1.54, 1.807) is 10.9 Å². The minimum absolute atomic E-state index is 0.449. The van der Waals surface area contributed by atoms with Crippen molar-refractivity contribution >= 4 is 17.0 Å². The maximum atomic E-state index is 5.95. The standard InChI is InChI=1S/C11H11N5OS/c1-6-5-18-9(8(6)12)11-14-10(15-17-11)7-3-13-16(2)4-7/h3-5H,12H2,1-2H3. The lowest BCUT2D eigenvalue weighted by Gasteiger charge is -1.91. The van der Waals surface area contributed by atoms with E-state index in [4.69, 9.17) is 10.3 Å². The first-order chi connectivity index (χ1) is 8.65. The van der Waals surface area contributed by atoms with Gasteiger partial charge < -0.3 is 10.3 Å². The first kappa shape index (κ1) is 11.0. The lowest BCUT2D eigenvalue weighted by atomic mass is 10.3. The number of hydrogen-bond acceptors (Lipinski definition) is 6. The normalized spacial score (nSPS) is 11.0. The van der Waals surface area contributed by atoms with Crippen molar-refractivity contribution in [1.29, 1.82) is 0 Å². The van der Waals surface area contributed by atoms with E-state index in [1.165, 1.54) is 11.3 Å². The lowest BCUT2D eigenvalue weighted by molar-refractivity contribution is 0.433. The highest BCUT2D eigenvalue weighted by atomic mass is 32.1. The SMILES string of the molecule is Cc1csc(-c2nc(-c3cnn(C)c3)no2)c1N. The van der Waals surface area contributed by atoms with Gasteiger partial charge in [0.2, 0.25) is 5.82 Å². The predicted octanol–water partition coefficient (Wildman–Crippen LogP) is 2.09. The first-order valence-corrected chi connectivity index (χ1v) is 6.20. The molecule has 7 heteroatoms. The van der Waals surface area contributed by atoms with Crippen LogP contribution in [0.2, 0.25) is 0 Å². The average molecular weight is 261 g/mol. The molecule has 2 N–H and O–H groups in total. The van der Waals surface area contributed by atoms with Crippen molar-refractivity contribution in [2.24, 2.45) is 7.05 Å². The third kappa shape index (κ3) is 1.68. The number of rotatable bonds is 2. The molecule has 3 aromatic rings. The molecular weight excluding hydrogens is 250 g/mol. The second kappa shape index (κ2) is 3.95. The molecule has 0 saturated heterocycles. The number of aryl methyl sites for hydroxylation is 2. The summed E-state index contributed by atoms with van der Waals surface area (Å²) in [7, 11) is 1.84. The molecule has 0 radical (unpaired) electrons. The van der Waals surface area contributed by atoms with Gasteiger partial charge in [-0.25, -0.2) is 0 Å². The zero-order chi connectivity index (χ0) is 12.7. The molecule has 0 aliphatic rings. The van der Waals surface area contributed by atoms with Crippen molar-refractivity contribution in [3.05, 3.63) is 23.3 Å². The molecule has 3 heterocycles. The Kier molecular flexibility index (Phi) is 2.41. The van der Waals surface area contributed by atoms with E-state index in [-0.39, 0.29) is 0 Å². The van der Waals surface area contributed by atoms with Gasteiger partial charge in [0.25, 0.3) is 5.89 Å². The molecule has 0 aliphatic heterocycles. The summed E-state index contributed by atoms with van der Waals surface area (Å²) in [5.74, 6) is 0.966. The molecule has 18 heavy (non-hydrogen) atoms. The Morgan fingerprint density at radius 1 is 1.44 bits per heavy atom. The summed E-state index contributed by atoms with van der Waals surface area (Å²) in [6.07, 6.45) is 3.52. The van der Waals surface area contributed by atoms with Gasteiger partial charge in [-0.15, -0.1) is 11.3 Å². The summed E-state index contributed by atoms with van der Waals surface area (Å²) < 4.78 is 6.93. The van der Waals surface area contributed by atoms with Gasteiger partial charge in [-0.3, -0.25) is 4.68 Å². The van der Waals surface area contributed by atoms with Crippen LogP contribution in [-0.2, 0) is 7.05 Å². The molecule has 0 saturated carbocycles. The van der Waals surface area contributed by atoms with Crippen molar-refractivity contribution in [3.8, 4) is 22.2 Å². The second-order valence-electron chi connectivity index (χ2n) is 3.99. The van der Waals surface area contributed by atoms with Crippen LogP contribution in [0.25, 0.3) is 22.2 Å². The van der Waals surface area contributed by atoms with Crippen molar-refractivity contribution in [2.75, 3.05) is 5.73 Å². The number of nitrogen functional groups attached to an aromatic ring is 1. The Labute approximate surface area is 107 Å². The van der Waals surface area contributed by atoms with Crippen LogP contribution >= 0.6 is 11.3 Å². The van der Waals surface area contributed by atoms with Gasteiger partial charge in [-0.1, -0.05) is 5.16 Å². The van der Waals surface area contributed by atoms with Gasteiger partial charge in [0.1, 0.15) is 4.88 Å². The molecular formula is C11H11N5OS. The number of nitrogens with zero attached hydrogens (tertiary/aromatic N) is 4.